The molecule has 0 saturated carbocycles. The van der Waals surface area contributed by atoms with E-state index < -0.39 is 11.5 Å². The minimum atomic E-state index is -0.696. The summed E-state index contributed by atoms with van der Waals surface area (Å²) >= 11 is 0. The topological polar surface area (TPSA) is 82.4 Å². The van der Waals surface area contributed by atoms with E-state index in [0.29, 0.717) is 23.5 Å². The first kappa shape index (κ1) is 22.1. The maximum absolute atomic E-state index is 12.9. The molecular formula is C27H25N3O3. The Bertz CT molecular complexity index is 1240. The number of anilines is 2. The van der Waals surface area contributed by atoms with Crippen LogP contribution in [0.15, 0.2) is 72.8 Å². The van der Waals surface area contributed by atoms with Crippen molar-refractivity contribution >= 4 is 23.4 Å². The second-order valence-electron chi connectivity index (χ2n) is 8.67. The van der Waals surface area contributed by atoms with Crippen LogP contribution in [0.5, 0.6) is 0 Å². The molecular weight excluding hydrogens is 414 g/mol. The van der Waals surface area contributed by atoms with Crippen LogP contribution in [0.1, 0.15) is 47.0 Å². The molecule has 2 amide bonds. The van der Waals surface area contributed by atoms with Gasteiger partial charge in [-0.15, -0.1) is 0 Å². The summed E-state index contributed by atoms with van der Waals surface area (Å²) in [6.07, 6.45) is -0.760. The molecule has 1 saturated heterocycles. The average molecular weight is 440 g/mol. The summed E-state index contributed by atoms with van der Waals surface area (Å²) in [5.41, 5.74) is 3.64. The van der Waals surface area contributed by atoms with E-state index in [2.05, 4.69) is 11.4 Å². The van der Waals surface area contributed by atoms with Gasteiger partial charge in [-0.1, -0.05) is 48.5 Å². The highest BCUT2D eigenvalue weighted by Gasteiger charge is 2.34. The van der Waals surface area contributed by atoms with Crippen LogP contribution in [0.3, 0.4) is 0 Å². The van der Waals surface area contributed by atoms with Crippen LogP contribution in [0, 0.1) is 18.3 Å². The number of nitriles is 1. The SMILES string of the molecule is Cc1ccc(NC(=O)c2cccc(C(C)(C)C#N)c2)cc1N1CC(c2ccccc2)OC1=O. The molecule has 3 aromatic rings. The molecule has 1 fully saturated rings. The monoisotopic (exact) mass is 439 g/mol. The maximum Gasteiger partial charge on any atom is 0.415 e. The highest BCUT2D eigenvalue weighted by Crippen LogP contribution is 2.33. The fourth-order valence-electron chi connectivity index (χ4n) is 3.80. The van der Waals surface area contributed by atoms with Crippen molar-refractivity contribution < 1.29 is 14.3 Å². The summed E-state index contributed by atoms with van der Waals surface area (Å²) in [5.74, 6) is -0.286. The van der Waals surface area contributed by atoms with E-state index in [-0.39, 0.29) is 12.0 Å². The predicted octanol–water partition coefficient (Wildman–Crippen LogP) is 5.75. The van der Waals surface area contributed by atoms with E-state index in [4.69, 9.17) is 4.74 Å². The molecule has 0 spiro atoms. The molecule has 6 heteroatoms. The average Bonchev–Trinajstić information content (AvgIpc) is 3.22. The van der Waals surface area contributed by atoms with Crippen molar-refractivity contribution in [2.24, 2.45) is 0 Å². The fraction of sp³-hybridized carbons (Fsp3) is 0.222. The largest absolute Gasteiger partial charge is 0.439 e. The highest BCUT2D eigenvalue weighted by molar-refractivity contribution is 6.05. The quantitative estimate of drug-likeness (QED) is 0.549. The van der Waals surface area contributed by atoms with E-state index in [1.165, 1.54) is 0 Å². The lowest BCUT2D eigenvalue weighted by Gasteiger charge is -2.18. The van der Waals surface area contributed by atoms with Gasteiger partial charge >= 0.3 is 6.09 Å². The first-order chi connectivity index (χ1) is 15.8. The number of nitrogens with one attached hydrogen (secondary N) is 1. The lowest BCUT2D eigenvalue weighted by atomic mass is 9.85. The Balaban J connectivity index is 1.55. The number of hydrogen-bond acceptors (Lipinski definition) is 4. The number of aryl methyl sites for hydroxylation is 1. The van der Waals surface area contributed by atoms with Gasteiger partial charge in [0.05, 0.1) is 23.7 Å². The van der Waals surface area contributed by atoms with Gasteiger partial charge in [0.1, 0.15) is 6.10 Å². The molecule has 1 atom stereocenters. The van der Waals surface area contributed by atoms with Crippen LogP contribution in [0.2, 0.25) is 0 Å². The van der Waals surface area contributed by atoms with Crippen molar-refractivity contribution in [2.75, 3.05) is 16.8 Å². The van der Waals surface area contributed by atoms with Gasteiger partial charge in [-0.2, -0.15) is 5.26 Å². The van der Waals surface area contributed by atoms with E-state index in [1.807, 2.05) is 63.2 Å². The summed E-state index contributed by atoms with van der Waals surface area (Å²) in [6.45, 7) is 5.94. The number of hydrogen-bond donors (Lipinski definition) is 1. The van der Waals surface area contributed by atoms with Gasteiger partial charge in [0.2, 0.25) is 0 Å². The van der Waals surface area contributed by atoms with Gasteiger partial charge in [0.15, 0.2) is 0 Å². The molecule has 1 N–H and O–H groups in total. The van der Waals surface area contributed by atoms with E-state index in [1.54, 1.807) is 35.2 Å². The number of carbonyl (C=O) groups is 2. The molecule has 1 aliphatic heterocycles. The van der Waals surface area contributed by atoms with E-state index in [0.717, 1.165) is 16.7 Å². The number of carbonyl (C=O) groups excluding carboxylic acids is 2. The maximum atomic E-state index is 12.9. The number of rotatable bonds is 5. The molecule has 1 unspecified atom stereocenters. The molecule has 3 aromatic carbocycles. The third kappa shape index (κ3) is 4.58. The highest BCUT2D eigenvalue weighted by atomic mass is 16.6. The van der Waals surface area contributed by atoms with Crippen LogP contribution >= 0.6 is 0 Å². The second kappa shape index (κ2) is 8.79. The lowest BCUT2D eigenvalue weighted by Crippen LogP contribution is -2.24. The van der Waals surface area contributed by atoms with Crippen molar-refractivity contribution in [3.63, 3.8) is 0 Å². The summed E-state index contributed by atoms with van der Waals surface area (Å²) < 4.78 is 5.59. The van der Waals surface area contributed by atoms with Crippen molar-refractivity contribution in [1.29, 1.82) is 5.26 Å². The molecule has 6 nitrogen and oxygen atoms in total. The van der Waals surface area contributed by atoms with Crippen LogP contribution < -0.4 is 10.2 Å². The molecule has 33 heavy (non-hydrogen) atoms. The summed E-state index contributed by atoms with van der Waals surface area (Å²) in [6, 6.07) is 24.4. The molecule has 166 valence electrons. The smallest absolute Gasteiger partial charge is 0.415 e. The third-order valence-corrected chi connectivity index (χ3v) is 5.87. The Hall–Kier alpha value is -4.11. The Labute approximate surface area is 193 Å². The Morgan fingerprint density at radius 2 is 1.85 bits per heavy atom. The van der Waals surface area contributed by atoms with Crippen molar-refractivity contribution in [3.05, 3.63) is 95.1 Å². The fourth-order valence-corrected chi connectivity index (χ4v) is 3.80. The first-order valence-electron chi connectivity index (χ1n) is 10.8. The van der Waals surface area contributed by atoms with Crippen molar-refractivity contribution in [2.45, 2.75) is 32.3 Å². The van der Waals surface area contributed by atoms with E-state index >= 15 is 0 Å². The Morgan fingerprint density at radius 1 is 1.09 bits per heavy atom. The summed E-state index contributed by atoms with van der Waals surface area (Å²) in [4.78, 5) is 27.1. The molecule has 0 aliphatic carbocycles. The number of ether oxygens (including phenoxy) is 1. The second-order valence-corrected chi connectivity index (χ2v) is 8.67. The Kier molecular flexibility index (Phi) is 5.89. The normalized spacial score (nSPS) is 15.6. The molecule has 1 aliphatic rings. The number of nitrogens with zero attached hydrogens (tertiary/aromatic N) is 2. The molecule has 0 bridgehead atoms. The zero-order valence-electron chi connectivity index (χ0n) is 18.8. The van der Waals surface area contributed by atoms with Gasteiger partial charge in [-0.25, -0.2) is 4.79 Å². The van der Waals surface area contributed by atoms with Crippen LogP contribution in [-0.4, -0.2) is 18.5 Å². The number of amides is 2. The molecule has 0 aromatic heterocycles. The van der Waals surface area contributed by atoms with Crippen LogP contribution in [0.4, 0.5) is 16.2 Å². The molecule has 0 radical (unpaired) electrons. The molecule has 1 heterocycles. The van der Waals surface area contributed by atoms with Gasteiger partial charge in [0.25, 0.3) is 5.91 Å². The minimum absolute atomic E-state index is 0.286. The number of cyclic esters (lactones) is 1. The summed E-state index contributed by atoms with van der Waals surface area (Å²) in [5, 5.41) is 12.3. The Morgan fingerprint density at radius 3 is 2.58 bits per heavy atom. The zero-order chi connectivity index (χ0) is 23.6. The third-order valence-electron chi connectivity index (χ3n) is 5.87. The van der Waals surface area contributed by atoms with Crippen LogP contribution in [0.25, 0.3) is 0 Å². The van der Waals surface area contributed by atoms with Gasteiger partial charge in [-0.3, -0.25) is 9.69 Å². The summed E-state index contributed by atoms with van der Waals surface area (Å²) in [7, 11) is 0. The number of benzene rings is 3. The van der Waals surface area contributed by atoms with E-state index in [9.17, 15) is 14.9 Å². The van der Waals surface area contributed by atoms with Gasteiger partial charge in [-0.05, 0) is 61.7 Å². The zero-order valence-corrected chi connectivity index (χ0v) is 18.8. The molecule has 4 rings (SSSR count). The minimum Gasteiger partial charge on any atom is -0.439 e. The lowest BCUT2D eigenvalue weighted by molar-refractivity contribution is 0.102. The first-order valence-corrected chi connectivity index (χ1v) is 10.8. The van der Waals surface area contributed by atoms with Crippen LogP contribution in [-0.2, 0) is 10.2 Å². The van der Waals surface area contributed by atoms with Crippen molar-refractivity contribution in [1.82, 2.24) is 0 Å². The van der Waals surface area contributed by atoms with Gasteiger partial charge < -0.3 is 10.1 Å². The predicted molar refractivity (Wildman–Crippen MR) is 127 cm³/mol. The standard InChI is InChI=1S/C27H25N3O3/c1-18-12-13-22(29-25(31)20-10-7-11-21(14-20)27(2,3)17-28)15-23(18)30-16-24(33-26(30)32)19-8-5-4-6-9-19/h4-15,24H,16H2,1-3H3,(H,29,31). The van der Waals surface area contributed by atoms with Crippen molar-refractivity contribution in [3.8, 4) is 6.07 Å². The van der Waals surface area contributed by atoms with Gasteiger partial charge in [0, 0.05) is 11.3 Å².